The first-order valence-corrected chi connectivity index (χ1v) is 8.02. The van der Waals surface area contributed by atoms with E-state index in [1.54, 1.807) is 12.3 Å². The molecule has 1 amide bonds. The maximum Gasteiger partial charge on any atom is 0.357 e. The van der Waals surface area contributed by atoms with Gasteiger partial charge in [-0.3, -0.25) is 4.79 Å². The predicted molar refractivity (Wildman–Crippen MR) is 86.2 cm³/mol. The van der Waals surface area contributed by atoms with Crippen molar-refractivity contribution in [1.29, 1.82) is 0 Å². The molecule has 1 heterocycles. The number of amides is 1. The number of hydrogen-bond acceptors (Lipinski definition) is 5. The highest BCUT2D eigenvalue weighted by molar-refractivity contribution is 7.14. The van der Waals surface area contributed by atoms with Gasteiger partial charge in [-0.2, -0.15) is 0 Å². The summed E-state index contributed by atoms with van der Waals surface area (Å²) in [5.74, 6) is -0.844. The molecule has 1 aromatic heterocycles. The predicted octanol–water partition coefficient (Wildman–Crippen LogP) is 3.45. The summed E-state index contributed by atoms with van der Waals surface area (Å²) in [6.45, 7) is 3.99. The Bertz CT molecular complexity index is 640. The van der Waals surface area contributed by atoms with Crippen molar-refractivity contribution >= 4 is 28.3 Å². The van der Waals surface area contributed by atoms with Crippen molar-refractivity contribution in [3.8, 4) is 0 Å². The van der Waals surface area contributed by atoms with E-state index in [2.05, 4.69) is 10.3 Å². The van der Waals surface area contributed by atoms with Gasteiger partial charge in [0.2, 0.25) is 5.91 Å². The lowest BCUT2D eigenvalue weighted by atomic mass is 9.96. The number of esters is 1. The van der Waals surface area contributed by atoms with Gasteiger partial charge < -0.3 is 10.1 Å². The van der Waals surface area contributed by atoms with Crippen molar-refractivity contribution in [2.45, 2.75) is 26.2 Å². The number of ether oxygens (including phenoxy) is 1. The molecule has 22 heavy (non-hydrogen) atoms. The van der Waals surface area contributed by atoms with Crippen LogP contribution in [0.5, 0.6) is 0 Å². The minimum Gasteiger partial charge on any atom is -0.461 e. The van der Waals surface area contributed by atoms with Crippen LogP contribution in [0.3, 0.4) is 0 Å². The number of rotatable bonds is 6. The quantitative estimate of drug-likeness (QED) is 0.828. The van der Waals surface area contributed by atoms with E-state index < -0.39 is 5.97 Å². The second-order valence-corrected chi connectivity index (χ2v) is 5.48. The molecule has 0 aliphatic carbocycles. The summed E-state index contributed by atoms with van der Waals surface area (Å²) in [5.41, 5.74) is 1.18. The molecule has 0 saturated heterocycles. The molecule has 1 N–H and O–H groups in total. The molecular weight excluding hydrogens is 300 g/mol. The van der Waals surface area contributed by atoms with Gasteiger partial charge in [0.1, 0.15) is 0 Å². The van der Waals surface area contributed by atoms with Crippen LogP contribution in [0.4, 0.5) is 5.13 Å². The number of nitrogens with zero attached hydrogens (tertiary/aromatic N) is 1. The summed E-state index contributed by atoms with van der Waals surface area (Å²) in [4.78, 5) is 28.0. The van der Waals surface area contributed by atoms with Crippen LogP contribution < -0.4 is 5.32 Å². The number of thiazole rings is 1. The van der Waals surface area contributed by atoms with Crippen molar-refractivity contribution in [3.05, 3.63) is 47.0 Å². The number of aromatic nitrogens is 1. The molecule has 1 unspecified atom stereocenters. The Labute approximate surface area is 133 Å². The Morgan fingerprint density at radius 3 is 2.64 bits per heavy atom. The minimum atomic E-state index is -0.477. The molecule has 0 spiro atoms. The van der Waals surface area contributed by atoms with Crippen LogP contribution in [0, 0.1) is 0 Å². The van der Waals surface area contributed by atoms with Crippen molar-refractivity contribution in [3.63, 3.8) is 0 Å². The van der Waals surface area contributed by atoms with Gasteiger partial charge in [-0.1, -0.05) is 37.3 Å². The smallest absolute Gasteiger partial charge is 0.357 e. The molecule has 0 aliphatic heterocycles. The third-order valence-corrected chi connectivity index (χ3v) is 3.90. The van der Waals surface area contributed by atoms with Crippen LogP contribution >= 0.6 is 11.3 Å². The normalized spacial score (nSPS) is 11.7. The molecular formula is C16H18N2O3S. The van der Waals surface area contributed by atoms with E-state index in [0.717, 1.165) is 5.56 Å². The number of benzene rings is 1. The minimum absolute atomic E-state index is 0.126. The van der Waals surface area contributed by atoms with Crippen LogP contribution in [-0.4, -0.2) is 23.5 Å². The molecule has 0 bridgehead atoms. The molecule has 2 rings (SSSR count). The Morgan fingerprint density at radius 2 is 2.00 bits per heavy atom. The lowest BCUT2D eigenvalue weighted by Crippen LogP contribution is -2.20. The van der Waals surface area contributed by atoms with Gasteiger partial charge in [0.15, 0.2) is 10.8 Å². The van der Waals surface area contributed by atoms with E-state index in [1.807, 2.05) is 37.3 Å². The second kappa shape index (κ2) is 7.70. The molecule has 2 aromatic rings. The topological polar surface area (TPSA) is 68.3 Å². The molecule has 1 aromatic carbocycles. The summed E-state index contributed by atoms with van der Waals surface area (Å²) >= 11 is 1.21. The molecule has 1 atom stereocenters. The standard InChI is InChI=1S/C16H18N2O3S/c1-3-12(11-8-6-5-7-9-11)14(19)18-16-17-13(10-22-16)15(20)21-4-2/h5-10,12H,3-4H2,1-2H3,(H,17,18,19). The third-order valence-electron chi connectivity index (χ3n) is 3.15. The summed E-state index contributed by atoms with van der Waals surface area (Å²) in [7, 11) is 0. The zero-order chi connectivity index (χ0) is 15.9. The van der Waals surface area contributed by atoms with Gasteiger partial charge in [-0.05, 0) is 18.9 Å². The van der Waals surface area contributed by atoms with Crippen molar-refractivity contribution < 1.29 is 14.3 Å². The number of anilines is 1. The monoisotopic (exact) mass is 318 g/mol. The SMILES string of the molecule is CCOC(=O)c1csc(NC(=O)C(CC)c2ccccc2)n1. The summed E-state index contributed by atoms with van der Waals surface area (Å²) in [6, 6.07) is 9.60. The maximum atomic E-state index is 12.4. The fourth-order valence-corrected chi connectivity index (χ4v) is 2.76. The third kappa shape index (κ3) is 3.92. The molecule has 5 nitrogen and oxygen atoms in total. The van der Waals surface area contributed by atoms with Gasteiger partial charge in [0.25, 0.3) is 0 Å². The number of nitrogens with one attached hydrogen (secondary N) is 1. The molecule has 0 fully saturated rings. The van der Waals surface area contributed by atoms with E-state index in [4.69, 9.17) is 4.74 Å². The van der Waals surface area contributed by atoms with Gasteiger partial charge in [-0.15, -0.1) is 11.3 Å². The van der Waals surface area contributed by atoms with Crippen molar-refractivity contribution in [2.24, 2.45) is 0 Å². The lowest BCUT2D eigenvalue weighted by Gasteiger charge is -2.13. The Morgan fingerprint density at radius 1 is 1.27 bits per heavy atom. The summed E-state index contributed by atoms with van der Waals surface area (Å²) in [6.07, 6.45) is 0.686. The van der Waals surface area contributed by atoms with Crippen LogP contribution in [0.2, 0.25) is 0 Å². The zero-order valence-electron chi connectivity index (χ0n) is 12.5. The number of carbonyl (C=O) groups is 2. The van der Waals surface area contributed by atoms with Crippen LogP contribution in [-0.2, 0) is 9.53 Å². The fraction of sp³-hybridized carbons (Fsp3) is 0.312. The van der Waals surface area contributed by atoms with Crippen LogP contribution in [0.1, 0.15) is 42.2 Å². The number of hydrogen-bond donors (Lipinski definition) is 1. The van der Waals surface area contributed by atoms with Gasteiger partial charge in [0.05, 0.1) is 12.5 Å². The number of carbonyl (C=O) groups excluding carboxylic acids is 2. The summed E-state index contributed by atoms with van der Waals surface area (Å²) < 4.78 is 4.88. The Kier molecular flexibility index (Phi) is 5.66. The molecule has 0 saturated carbocycles. The highest BCUT2D eigenvalue weighted by Gasteiger charge is 2.20. The first-order valence-electron chi connectivity index (χ1n) is 7.14. The average molecular weight is 318 g/mol. The maximum absolute atomic E-state index is 12.4. The summed E-state index contributed by atoms with van der Waals surface area (Å²) in [5, 5.41) is 4.75. The molecule has 6 heteroatoms. The molecule has 0 aliphatic rings. The lowest BCUT2D eigenvalue weighted by molar-refractivity contribution is -0.117. The first kappa shape index (κ1) is 16.2. The Balaban J connectivity index is 2.06. The van der Waals surface area contributed by atoms with Crippen LogP contribution in [0.15, 0.2) is 35.7 Å². The van der Waals surface area contributed by atoms with E-state index in [-0.39, 0.29) is 17.5 Å². The molecule has 116 valence electrons. The Hall–Kier alpha value is -2.21. The van der Waals surface area contributed by atoms with E-state index in [0.29, 0.717) is 18.2 Å². The van der Waals surface area contributed by atoms with E-state index >= 15 is 0 Å². The van der Waals surface area contributed by atoms with E-state index in [9.17, 15) is 9.59 Å². The van der Waals surface area contributed by atoms with Crippen molar-refractivity contribution in [2.75, 3.05) is 11.9 Å². The second-order valence-electron chi connectivity index (χ2n) is 4.62. The van der Waals surface area contributed by atoms with Crippen molar-refractivity contribution in [1.82, 2.24) is 4.98 Å². The fourth-order valence-electron chi connectivity index (χ4n) is 2.08. The van der Waals surface area contributed by atoms with Crippen LogP contribution in [0.25, 0.3) is 0 Å². The zero-order valence-corrected chi connectivity index (χ0v) is 13.4. The average Bonchev–Trinajstić information content (AvgIpc) is 2.98. The van der Waals surface area contributed by atoms with E-state index in [1.165, 1.54) is 11.3 Å². The molecule has 0 radical (unpaired) electrons. The highest BCUT2D eigenvalue weighted by atomic mass is 32.1. The van der Waals surface area contributed by atoms with Gasteiger partial charge in [-0.25, -0.2) is 9.78 Å². The van der Waals surface area contributed by atoms with Gasteiger partial charge >= 0.3 is 5.97 Å². The van der Waals surface area contributed by atoms with Gasteiger partial charge in [0, 0.05) is 5.38 Å². The largest absolute Gasteiger partial charge is 0.461 e. The first-order chi connectivity index (χ1) is 10.7. The highest BCUT2D eigenvalue weighted by Crippen LogP contribution is 2.23.